The van der Waals surface area contributed by atoms with Crippen molar-refractivity contribution in [1.29, 1.82) is 0 Å². The second-order valence-corrected chi connectivity index (χ2v) is 7.41. The van der Waals surface area contributed by atoms with Crippen molar-refractivity contribution in [2.45, 2.75) is 16.6 Å². The monoisotopic (exact) mass is 375 g/mol. The molecular formula is C14H12BrF2NO2S. The zero-order valence-electron chi connectivity index (χ0n) is 11.0. The van der Waals surface area contributed by atoms with Crippen LogP contribution in [0.3, 0.4) is 0 Å². The third kappa shape index (κ3) is 3.59. The van der Waals surface area contributed by atoms with E-state index in [0.717, 1.165) is 12.1 Å². The average molecular weight is 376 g/mol. The Bertz CT molecular complexity index is 763. The SMILES string of the molecule is CC(Br)c1ccccc1NS(=O)(=O)c1cc(F)ccc1F. The van der Waals surface area contributed by atoms with E-state index in [4.69, 9.17) is 0 Å². The summed E-state index contributed by atoms with van der Waals surface area (Å²) in [7, 11) is -4.21. The first-order valence-corrected chi connectivity index (χ1v) is 8.42. The molecule has 112 valence electrons. The minimum Gasteiger partial charge on any atom is -0.279 e. The van der Waals surface area contributed by atoms with Crippen molar-refractivity contribution >= 4 is 31.6 Å². The van der Waals surface area contributed by atoms with E-state index in [0.29, 0.717) is 17.3 Å². The summed E-state index contributed by atoms with van der Waals surface area (Å²) in [6, 6.07) is 9.00. The number of halogens is 3. The lowest BCUT2D eigenvalue weighted by atomic mass is 10.1. The Morgan fingerprint density at radius 1 is 1.14 bits per heavy atom. The van der Waals surface area contributed by atoms with Crippen LogP contribution in [0.4, 0.5) is 14.5 Å². The fourth-order valence-corrected chi connectivity index (χ4v) is 3.40. The van der Waals surface area contributed by atoms with E-state index in [1.165, 1.54) is 0 Å². The lowest BCUT2D eigenvalue weighted by Crippen LogP contribution is -2.16. The highest BCUT2D eigenvalue weighted by Gasteiger charge is 2.21. The largest absolute Gasteiger partial charge is 0.279 e. The van der Waals surface area contributed by atoms with Crippen LogP contribution in [-0.2, 0) is 10.0 Å². The van der Waals surface area contributed by atoms with Crippen LogP contribution < -0.4 is 4.72 Å². The summed E-state index contributed by atoms with van der Waals surface area (Å²) < 4.78 is 53.5. The molecule has 1 unspecified atom stereocenters. The third-order valence-electron chi connectivity index (χ3n) is 2.82. The molecule has 0 amide bonds. The van der Waals surface area contributed by atoms with Crippen molar-refractivity contribution in [2.24, 2.45) is 0 Å². The molecule has 0 aromatic heterocycles. The molecule has 0 aliphatic heterocycles. The number of nitrogens with one attached hydrogen (secondary N) is 1. The van der Waals surface area contributed by atoms with Gasteiger partial charge in [-0.25, -0.2) is 17.2 Å². The molecule has 0 radical (unpaired) electrons. The van der Waals surface area contributed by atoms with Crippen molar-refractivity contribution in [2.75, 3.05) is 4.72 Å². The number of benzene rings is 2. The van der Waals surface area contributed by atoms with Crippen LogP contribution in [0.5, 0.6) is 0 Å². The van der Waals surface area contributed by atoms with Crippen molar-refractivity contribution in [3.8, 4) is 0 Å². The first-order valence-electron chi connectivity index (χ1n) is 6.02. The molecule has 0 fully saturated rings. The van der Waals surface area contributed by atoms with Gasteiger partial charge in [-0.2, -0.15) is 0 Å². The van der Waals surface area contributed by atoms with Crippen molar-refractivity contribution in [3.05, 3.63) is 59.7 Å². The van der Waals surface area contributed by atoms with Crippen LogP contribution in [-0.4, -0.2) is 8.42 Å². The molecule has 0 saturated carbocycles. The molecule has 0 heterocycles. The predicted molar refractivity (Wildman–Crippen MR) is 81.0 cm³/mol. The molecule has 21 heavy (non-hydrogen) atoms. The van der Waals surface area contributed by atoms with Gasteiger partial charge in [0.2, 0.25) is 0 Å². The van der Waals surface area contributed by atoms with Crippen molar-refractivity contribution in [1.82, 2.24) is 0 Å². The zero-order chi connectivity index (χ0) is 15.6. The molecule has 1 N–H and O–H groups in total. The van der Waals surface area contributed by atoms with Crippen molar-refractivity contribution < 1.29 is 17.2 Å². The molecule has 3 nitrogen and oxygen atoms in total. The van der Waals surface area contributed by atoms with Crippen LogP contribution in [0.1, 0.15) is 17.3 Å². The van der Waals surface area contributed by atoms with E-state index in [1.807, 2.05) is 6.92 Å². The first-order chi connectivity index (χ1) is 9.81. The molecule has 2 rings (SSSR count). The maximum atomic E-state index is 13.6. The van der Waals surface area contributed by atoms with Gasteiger partial charge in [0.15, 0.2) is 0 Å². The molecule has 2 aromatic carbocycles. The topological polar surface area (TPSA) is 46.2 Å². The maximum absolute atomic E-state index is 13.6. The van der Waals surface area contributed by atoms with Gasteiger partial charge in [-0.3, -0.25) is 4.72 Å². The normalized spacial score (nSPS) is 13.0. The van der Waals surface area contributed by atoms with Gasteiger partial charge in [-0.05, 0) is 36.8 Å². The van der Waals surface area contributed by atoms with Gasteiger partial charge in [0.25, 0.3) is 10.0 Å². The second kappa shape index (κ2) is 6.11. The highest BCUT2D eigenvalue weighted by atomic mass is 79.9. The zero-order valence-corrected chi connectivity index (χ0v) is 13.4. The second-order valence-electron chi connectivity index (χ2n) is 4.38. The fraction of sp³-hybridized carbons (Fsp3) is 0.143. The number of hydrogen-bond acceptors (Lipinski definition) is 2. The van der Waals surface area contributed by atoms with Crippen LogP contribution >= 0.6 is 15.9 Å². The lowest BCUT2D eigenvalue weighted by molar-refractivity contribution is 0.555. The summed E-state index contributed by atoms with van der Waals surface area (Å²) in [6.45, 7) is 1.83. The summed E-state index contributed by atoms with van der Waals surface area (Å²) in [5.41, 5.74) is 1.00. The molecule has 0 spiro atoms. The molecule has 0 saturated heterocycles. The summed E-state index contributed by atoms with van der Waals surface area (Å²) in [4.78, 5) is -0.826. The molecule has 0 bridgehead atoms. The van der Waals surface area contributed by atoms with Gasteiger partial charge in [0.05, 0.1) is 5.69 Å². The third-order valence-corrected chi connectivity index (χ3v) is 4.69. The van der Waals surface area contributed by atoms with Gasteiger partial charge < -0.3 is 0 Å². The van der Waals surface area contributed by atoms with Gasteiger partial charge in [0.1, 0.15) is 16.5 Å². The van der Waals surface area contributed by atoms with Crippen LogP contribution in [0.2, 0.25) is 0 Å². The maximum Gasteiger partial charge on any atom is 0.264 e. The number of para-hydroxylation sites is 1. The summed E-state index contributed by atoms with van der Waals surface area (Å²) in [5, 5.41) is 0. The number of sulfonamides is 1. The predicted octanol–water partition coefficient (Wildman–Crippen LogP) is 4.22. The molecule has 2 aromatic rings. The van der Waals surface area contributed by atoms with Gasteiger partial charge >= 0.3 is 0 Å². The van der Waals surface area contributed by atoms with Gasteiger partial charge in [-0.1, -0.05) is 34.1 Å². The number of hydrogen-bond donors (Lipinski definition) is 1. The van der Waals surface area contributed by atoms with Gasteiger partial charge in [0, 0.05) is 4.83 Å². The standard InChI is InChI=1S/C14H12BrF2NO2S/c1-9(15)11-4-2-3-5-13(11)18-21(19,20)14-8-10(16)6-7-12(14)17/h2-9,18H,1H3. The smallest absolute Gasteiger partial charge is 0.264 e. The minimum atomic E-state index is -4.21. The molecule has 1 atom stereocenters. The van der Waals surface area contributed by atoms with Crippen LogP contribution in [0.25, 0.3) is 0 Å². The fourth-order valence-electron chi connectivity index (χ4n) is 1.82. The van der Waals surface area contributed by atoms with Crippen LogP contribution in [0, 0.1) is 11.6 Å². The quantitative estimate of drug-likeness (QED) is 0.813. The Morgan fingerprint density at radius 3 is 2.48 bits per heavy atom. The summed E-state index contributed by atoms with van der Waals surface area (Å²) in [5.74, 6) is -1.83. The first kappa shape index (κ1) is 15.9. The Morgan fingerprint density at radius 2 is 1.81 bits per heavy atom. The molecular weight excluding hydrogens is 364 g/mol. The number of anilines is 1. The average Bonchev–Trinajstić information content (AvgIpc) is 2.41. The van der Waals surface area contributed by atoms with Crippen LogP contribution in [0.15, 0.2) is 47.4 Å². The highest BCUT2D eigenvalue weighted by Crippen LogP contribution is 2.30. The Labute approximate surface area is 130 Å². The van der Waals surface area contributed by atoms with E-state index in [2.05, 4.69) is 20.7 Å². The van der Waals surface area contributed by atoms with Crippen molar-refractivity contribution in [3.63, 3.8) is 0 Å². The molecule has 0 aliphatic carbocycles. The minimum absolute atomic E-state index is 0.103. The Balaban J connectivity index is 2.45. The lowest BCUT2D eigenvalue weighted by Gasteiger charge is -2.14. The number of rotatable bonds is 4. The Kier molecular flexibility index (Phi) is 4.63. The molecule has 7 heteroatoms. The van der Waals surface area contributed by atoms with E-state index in [9.17, 15) is 17.2 Å². The highest BCUT2D eigenvalue weighted by molar-refractivity contribution is 9.09. The van der Waals surface area contributed by atoms with E-state index in [-0.39, 0.29) is 4.83 Å². The molecule has 0 aliphatic rings. The summed E-state index contributed by atoms with van der Waals surface area (Å²) >= 11 is 3.35. The Hall–Kier alpha value is -1.47. The number of alkyl halides is 1. The van der Waals surface area contributed by atoms with Gasteiger partial charge in [-0.15, -0.1) is 0 Å². The summed E-state index contributed by atoms with van der Waals surface area (Å²) in [6.07, 6.45) is 0. The van der Waals surface area contributed by atoms with E-state index >= 15 is 0 Å². The van der Waals surface area contributed by atoms with E-state index < -0.39 is 26.6 Å². The van der Waals surface area contributed by atoms with E-state index in [1.54, 1.807) is 24.3 Å².